The van der Waals surface area contributed by atoms with Gasteiger partial charge in [-0.05, 0) is 32.4 Å². The van der Waals surface area contributed by atoms with Gasteiger partial charge in [0.1, 0.15) is 6.04 Å². The number of aryl methyl sites for hydroxylation is 1. The predicted molar refractivity (Wildman–Crippen MR) is 62.0 cm³/mol. The van der Waals surface area contributed by atoms with E-state index < -0.39 is 6.04 Å². The minimum absolute atomic E-state index is 0.199. The number of nitrogens with zero attached hydrogens (tertiary/aromatic N) is 1. The lowest BCUT2D eigenvalue weighted by Gasteiger charge is -2.19. The van der Waals surface area contributed by atoms with Crippen molar-refractivity contribution in [1.82, 2.24) is 10.3 Å². The fraction of sp³-hybridized carbons (Fsp3) is 0.500. The molecule has 1 heterocycles. The number of aromatic nitrogens is 1. The van der Waals surface area contributed by atoms with Crippen LogP contribution in [0, 0.1) is 6.92 Å². The lowest BCUT2D eigenvalue weighted by molar-refractivity contribution is -0.143. The molecule has 0 aliphatic carbocycles. The van der Waals surface area contributed by atoms with Crippen LogP contribution in [-0.4, -0.2) is 24.1 Å². The van der Waals surface area contributed by atoms with Gasteiger partial charge in [-0.2, -0.15) is 0 Å². The van der Waals surface area contributed by atoms with Gasteiger partial charge in [-0.1, -0.05) is 6.07 Å². The van der Waals surface area contributed by atoms with E-state index in [0.717, 1.165) is 11.3 Å². The first kappa shape index (κ1) is 12.6. The van der Waals surface area contributed by atoms with Gasteiger partial charge >= 0.3 is 5.97 Å². The molecule has 16 heavy (non-hydrogen) atoms. The van der Waals surface area contributed by atoms with Crippen LogP contribution >= 0.6 is 0 Å². The summed E-state index contributed by atoms with van der Waals surface area (Å²) in [7, 11) is 1.39. The maximum absolute atomic E-state index is 11.6. The average molecular weight is 222 g/mol. The molecule has 0 aromatic carbocycles. The number of hydrogen-bond donors (Lipinski definition) is 1. The van der Waals surface area contributed by atoms with Crippen molar-refractivity contribution >= 4 is 5.97 Å². The Labute approximate surface area is 96.0 Å². The second kappa shape index (κ2) is 5.61. The Morgan fingerprint density at radius 2 is 2.12 bits per heavy atom. The van der Waals surface area contributed by atoms with Gasteiger partial charge in [0, 0.05) is 17.9 Å². The second-order valence-corrected chi connectivity index (χ2v) is 4.01. The highest BCUT2D eigenvalue weighted by molar-refractivity contribution is 5.77. The quantitative estimate of drug-likeness (QED) is 0.786. The molecule has 88 valence electrons. The van der Waals surface area contributed by atoms with Crippen LogP contribution in [0.4, 0.5) is 0 Å². The van der Waals surface area contributed by atoms with Crippen molar-refractivity contribution in [2.75, 3.05) is 7.11 Å². The van der Waals surface area contributed by atoms with Crippen LogP contribution in [0.5, 0.6) is 0 Å². The molecule has 0 saturated heterocycles. The normalized spacial score (nSPS) is 12.6. The van der Waals surface area contributed by atoms with Crippen LogP contribution in [0.1, 0.15) is 31.1 Å². The van der Waals surface area contributed by atoms with E-state index in [2.05, 4.69) is 10.3 Å². The summed E-state index contributed by atoms with van der Waals surface area (Å²) >= 11 is 0. The smallest absolute Gasteiger partial charge is 0.327 e. The van der Waals surface area contributed by atoms with Crippen molar-refractivity contribution in [3.8, 4) is 0 Å². The van der Waals surface area contributed by atoms with Crippen LogP contribution < -0.4 is 5.32 Å². The number of carbonyl (C=O) groups is 1. The highest BCUT2D eigenvalue weighted by Gasteiger charge is 2.21. The molecule has 0 radical (unpaired) electrons. The van der Waals surface area contributed by atoms with E-state index in [1.807, 2.05) is 32.9 Å². The minimum atomic E-state index is -0.446. The summed E-state index contributed by atoms with van der Waals surface area (Å²) in [5.74, 6) is -0.292. The van der Waals surface area contributed by atoms with E-state index in [1.165, 1.54) is 7.11 Å². The summed E-state index contributed by atoms with van der Waals surface area (Å²) in [5, 5.41) is 3.15. The summed E-state index contributed by atoms with van der Waals surface area (Å²) < 4.78 is 4.77. The van der Waals surface area contributed by atoms with Gasteiger partial charge in [-0.3, -0.25) is 10.3 Å². The topological polar surface area (TPSA) is 51.2 Å². The fourth-order valence-electron chi connectivity index (χ4n) is 1.40. The van der Waals surface area contributed by atoms with Crippen LogP contribution in [0.2, 0.25) is 0 Å². The summed E-state index contributed by atoms with van der Waals surface area (Å²) in [5.41, 5.74) is 1.75. The van der Waals surface area contributed by atoms with Gasteiger partial charge in [-0.15, -0.1) is 0 Å². The molecule has 0 aliphatic rings. The number of esters is 1. The highest BCUT2D eigenvalue weighted by atomic mass is 16.5. The number of pyridine rings is 1. The number of hydrogen-bond acceptors (Lipinski definition) is 4. The van der Waals surface area contributed by atoms with Gasteiger partial charge in [0.05, 0.1) is 7.11 Å². The molecule has 1 rings (SSSR count). The molecule has 1 aromatic heterocycles. The van der Waals surface area contributed by atoms with E-state index in [9.17, 15) is 4.79 Å². The standard InChI is InChI=1S/C12H18N2O2/c1-8(2)14-11(12(15)16-4)10-6-5-9(3)13-7-10/h5-8,11,14H,1-4H3. The molecule has 1 atom stereocenters. The first-order valence-electron chi connectivity index (χ1n) is 5.31. The molecule has 0 bridgehead atoms. The maximum Gasteiger partial charge on any atom is 0.327 e. The van der Waals surface area contributed by atoms with E-state index in [0.29, 0.717) is 0 Å². The molecule has 0 saturated carbocycles. The van der Waals surface area contributed by atoms with Crippen LogP contribution in [-0.2, 0) is 9.53 Å². The zero-order chi connectivity index (χ0) is 12.1. The Balaban J connectivity index is 2.91. The van der Waals surface area contributed by atoms with Crippen molar-refractivity contribution in [3.05, 3.63) is 29.6 Å². The maximum atomic E-state index is 11.6. The molecule has 0 fully saturated rings. The molecule has 0 amide bonds. The number of ether oxygens (including phenoxy) is 1. The minimum Gasteiger partial charge on any atom is -0.468 e. The van der Waals surface area contributed by atoms with E-state index >= 15 is 0 Å². The number of methoxy groups -OCH3 is 1. The Kier molecular flexibility index (Phi) is 4.43. The first-order valence-corrected chi connectivity index (χ1v) is 5.31. The molecule has 1 N–H and O–H groups in total. The molecule has 0 aliphatic heterocycles. The van der Waals surface area contributed by atoms with Gasteiger partial charge in [0.2, 0.25) is 0 Å². The Morgan fingerprint density at radius 3 is 2.56 bits per heavy atom. The summed E-state index contributed by atoms with van der Waals surface area (Å²) in [6.45, 7) is 5.88. The molecule has 1 aromatic rings. The second-order valence-electron chi connectivity index (χ2n) is 4.01. The number of rotatable bonds is 4. The SMILES string of the molecule is COC(=O)C(NC(C)C)c1ccc(C)nc1. The third kappa shape index (κ3) is 3.31. The lowest BCUT2D eigenvalue weighted by Crippen LogP contribution is -2.34. The monoisotopic (exact) mass is 222 g/mol. The molecule has 0 spiro atoms. The third-order valence-corrected chi connectivity index (χ3v) is 2.20. The summed E-state index contributed by atoms with van der Waals surface area (Å²) in [6, 6.07) is 3.52. The third-order valence-electron chi connectivity index (χ3n) is 2.20. The lowest BCUT2D eigenvalue weighted by atomic mass is 10.1. The van der Waals surface area contributed by atoms with Crippen molar-refractivity contribution in [2.24, 2.45) is 0 Å². The fourth-order valence-corrected chi connectivity index (χ4v) is 1.40. The van der Waals surface area contributed by atoms with E-state index in [1.54, 1.807) is 6.20 Å². The van der Waals surface area contributed by atoms with Crippen molar-refractivity contribution in [1.29, 1.82) is 0 Å². The van der Waals surface area contributed by atoms with E-state index in [4.69, 9.17) is 4.74 Å². The van der Waals surface area contributed by atoms with Crippen LogP contribution in [0.15, 0.2) is 18.3 Å². The zero-order valence-electron chi connectivity index (χ0n) is 10.2. The molecular weight excluding hydrogens is 204 g/mol. The molecular formula is C12H18N2O2. The van der Waals surface area contributed by atoms with Crippen LogP contribution in [0.25, 0.3) is 0 Å². The zero-order valence-corrected chi connectivity index (χ0v) is 10.2. The summed E-state index contributed by atoms with van der Waals surface area (Å²) in [4.78, 5) is 15.8. The van der Waals surface area contributed by atoms with Crippen molar-refractivity contribution < 1.29 is 9.53 Å². The predicted octanol–water partition coefficient (Wildman–Crippen LogP) is 1.60. The molecule has 4 heteroatoms. The van der Waals surface area contributed by atoms with Gasteiger partial charge in [0.15, 0.2) is 0 Å². The average Bonchev–Trinajstić information content (AvgIpc) is 2.26. The molecule has 4 nitrogen and oxygen atoms in total. The Hall–Kier alpha value is -1.42. The largest absolute Gasteiger partial charge is 0.468 e. The van der Waals surface area contributed by atoms with Gasteiger partial charge in [-0.25, -0.2) is 4.79 Å². The van der Waals surface area contributed by atoms with Gasteiger partial charge in [0.25, 0.3) is 0 Å². The van der Waals surface area contributed by atoms with Crippen molar-refractivity contribution in [3.63, 3.8) is 0 Å². The van der Waals surface area contributed by atoms with Crippen LogP contribution in [0.3, 0.4) is 0 Å². The Morgan fingerprint density at radius 1 is 1.44 bits per heavy atom. The summed E-state index contributed by atoms with van der Waals surface area (Å²) in [6.07, 6.45) is 1.70. The highest BCUT2D eigenvalue weighted by Crippen LogP contribution is 2.14. The number of nitrogens with one attached hydrogen (secondary N) is 1. The van der Waals surface area contributed by atoms with E-state index in [-0.39, 0.29) is 12.0 Å². The molecule has 1 unspecified atom stereocenters. The first-order chi connectivity index (χ1) is 7.54. The number of carbonyl (C=O) groups excluding carboxylic acids is 1. The van der Waals surface area contributed by atoms with Crippen molar-refractivity contribution in [2.45, 2.75) is 32.9 Å². The Bertz CT molecular complexity index is 347. The van der Waals surface area contributed by atoms with Gasteiger partial charge < -0.3 is 4.74 Å².